The van der Waals surface area contributed by atoms with Crippen LogP contribution in [-0.4, -0.2) is 107 Å². The number of likely N-dealkylation sites (tertiary alicyclic amines) is 1. The van der Waals surface area contributed by atoms with Crippen molar-refractivity contribution in [3.63, 3.8) is 0 Å². The lowest BCUT2D eigenvalue weighted by atomic mass is 9.91. The second-order valence-electron chi connectivity index (χ2n) is 16.1. The number of nitrogens with zero attached hydrogens (tertiary/aromatic N) is 5. The van der Waals surface area contributed by atoms with Crippen LogP contribution in [-0.2, 0) is 16.0 Å². The van der Waals surface area contributed by atoms with E-state index in [1.165, 1.54) is 17.8 Å². The molecule has 0 saturated carbocycles. The van der Waals surface area contributed by atoms with E-state index in [0.717, 1.165) is 55.8 Å². The van der Waals surface area contributed by atoms with Gasteiger partial charge in [-0.2, -0.15) is 0 Å². The third kappa shape index (κ3) is 7.78. The van der Waals surface area contributed by atoms with Crippen molar-refractivity contribution in [2.75, 3.05) is 62.6 Å². The average Bonchev–Trinajstić information content (AvgIpc) is 3.20. The highest BCUT2D eigenvalue weighted by atomic mass is 32.2. The minimum absolute atomic E-state index is 0. The Morgan fingerprint density at radius 1 is 1.00 bits per heavy atom. The number of hydrogen-bond acceptors (Lipinski definition) is 6. The molecule has 4 aliphatic heterocycles. The predicted molar refractivity (Wildman–Crippen MR) is 204 cm³/mol. The molecule has 3 saturated heterocycles. The monoisotopic (exact) mass is 710 g/mol. The number of rotatable bonds is 8. The van der Waals surface area contributed by atoms with Crippen molar-refractivity contribution >= 4 is 41.0 Å². The summed E-state index contributed by atoms with van der Waals surface area (Å²) in [6, 6.07) is 13.6. The zero-order valence-corrected chi connectivity index (χ0v) is 31.5. The number of carbonyl (C=O) groups is 3. The largest absolute Gasteiger partial charge is 0.366 e. The highest BCUT2D eigenvalue weighted by molar-refractivity contribution is 8.02. The van der Waals surface area contributed by atoms with Crippen molar-refractivity contribution in [2.45, 2.75) is 95.9 Å². The summed E-state index contributed by atoms with van der Waals surface area (Å²) in [6.45, 7) is 18.2. The van der Waals surface area contributed by atoms with Crippen LogP contribution in [0.1, 0.15) is 86.6 Å². The lowest BCUT2D eigenvalue weighted by molar-refractivity contribution is -0.139. The minimum Gasteiger partial charge on any atom is -0.366 e. The molecule has 4 heterocycles. The van der Waals surface area contributed by atoms with Crippen molar-refractivity contribution in [3.05, 3.63) is 59.4 Å². The Balaban J connectivity index is 0.00000302. The first-order valence-corrected chi connectivity index (χ1v) is 19.3. The molecule has 0 spiro atoms. The molecule has 3 fully saturated rings. The van der Waals surface area contributed by atoms with Crippen molar-refractivity contribution in [2.24, 2.45) is 5.41 Å². The van der Waals surface area contributed by atoms with Gasteiger partial charge in [-0.3, -0.25) is 14.5 Å². The SMILES string of the molecule is CC(C)N1CCN(c2c(F)cccc2[C@H]2S[C@](C)(CC(=O)N3CCC(N4CCc5ccccc5NC4=O)CC3)C(=O)N2CCC(C)(C)C)CC1.[HH].[HH]. The molecule has 0 radical (unpaired) electrons. The molecule has 2 aromatic rings. The number of para-hydroxylation sites is 2. The lowest BCUT2D eigenvalue weighted by Crippen LogP contribution is -2.51. The molecular weight excluding hydrogens is 652 g/mol. The van der Waals surface area contributed by atoms with Gasteiger partial charge in [-0.1, -0.05) is 51.1 Å². The minimum atomic E-state index is -0.979. The van der Waals surface area contributed by atoms with Crippen molar-refractivity contribution in [1.82, 2.24) is 19.6 Å². The van der Waals surface area contributed by atoms with Gasteiger partial charge in [0.15, 0.2) is 0 Å². The molecule has 0 unspecified atom stereocenters. The van der Waals surface area contributed by atoms with E-state index in [9.17, 15) is 14.4 Å². The van der Waals surface area contributed by atoms with Gasteiger partial charge in [0.05, 0.1) is 12.1 Å². The van der Waals surface area contributed by atoms with Gasteiger partial charge >= 0.3 is 6.03 Å². The maximum Gasteiger partial charge on any atom is 0.322 e. The highest BCUT2D eigenvalue weighted by Crippen LogP contribution is 2.53. The summed E-state index contributed by atoms with van der Waals surface area (Å²) < 4.78 is 14.8. The number of benzene rings is 2. The fraction of sp³-hybridized carbons (Fsp3) is 0.615. The summed E-state index contributed by atoms with van der Waals surface area (Å²) in [5.41, 5.74) is 3.40. The van der Waals surface area contributed by atoms with E-state index < -0.39 is 10.1 Å². The molecule has 4 amide bonds. The number of hydrogen-bond donors (Lipinski definition) is 1. The maximum atomic E-state index is 15.8. The van der Waals surface area contributed by atoms with E-state index in [0.29, 0.717) is 50.7 Å². The van der Waals surface area contributed by atoms with Gasteiger partial charge in [-0.15, -0.1) is 11.8 Å². The smallest absolute Gasteiger partial charge is 0.322 e. The van der Waals surface area contributed by atoms with Gasteiger partial charge in [0.25, 0.3) is 0 Å². The molecule has 0 aromatic heterocycles. The maximum absolute atomic E-state index is 15.8. The number of piperazine rings is 1. The van der Waals surface area contributed by atoms with E-state index in [-0.39, 0.29) is 44.4 Å². The van der Waals surface area contributed by atoms with Crippen LogP contribution in [0.2, 0.25) is 0 Å². The van der Waals surface area contributed by atoms with Crippen LogP contribution in [0.3, 0.4) is 0 Å². The molecule has 9 nitrogen and oxygen atoms in total. The molecule has 11 heteroatoms. The first kappa shape index (κ1) is 36.5. The summed E-state index contributed by atoms with van der Waals surface area (Å²) in [5, 5.41) is 2.68. The Hall–Kier alpha value is -3.31. The third-order valence-electron chi connectivity index (χ3n) is 11.0. The quantitative estimate of drug-likeness (QED) is 0.316. The second kappa shape index (κ2) is 14.7. The van der Waals surface area contributed by atoms with Crippen molar-refractivity contribution in [1.29, 1.82) is 0 Å². The summed E-state index contributed by atoms with van der Waals surface area (Å²) in [4.78, 5) is 51.8. The molecule has 2 atom stereocenters. The van der Waals surface area contributed by atoms with Crippen molar-refractivity contribution < 1.29 is 21.6 Å². The van der Waals surface area contributed by atoms with Crippen LogP contribution in [0.5, 0.6) is 0 Å². The lowest BCUT2D eigenvalue weighted by Gasteiger charge is -2.40. The topological polar surface area (TPSA) is 79.4 Å². The normalized spacial score (nSPS) is 24.1. The van der Waals surface area contributed by atoms with Gasteiger partial charge in [0.1, 0.15) is 15.9 Å². The molecular formula is C39H59FN6O3S. The van der Waals surface area contributed by atoms with Crippen LogP contribution >= 0.6 is 11.8 Å². The fourth-order valence-electron chi connectivity index (χ4n) is 7.89. The molecule has 1 N–H and O–H groups in total. The Kier molecular flexibility index (Phi) is 10.8. The van der Waals surface area contributed by atoms with Gasteiger partial charge in [0.2, 0.25) is 11.8 Å². The van der Waals surface area contributed by atoms with Crippen molar-refractivity contribution in [3.8, 4) is 0 Å². The standard InChI is InChI=1S/C39H55FN6O3S.2H2/c1-27(2)42-22-24-44(25-23-42)34-30(11-9-12-31(34)40)35-46(21-17-38(3,4)5)36(48)39(6,50-35)26-33(47)43-18-15-29(16-19-43)45-20-14-28-10-7-8-13-32(28)41-37(45)49;;/h7-13,27,29,35H,14-26H2,1-6H3,(H,41,49);2*1H/t35-,39-;;/m1../s1. The molecule has 276 valence electrons. The molecule has 0 bridgehead atoms. The predicted octanol–water partition coefficient (Wildman–Crippen LogP) is 7.09. The molecule has 50 heavy (non-hydrogen) atoms. The number of fused-ring (bicyclic) bond motifs is 1. The van der Waals surface area contributed by atoms with Crippen LogP contribution in [0.25, 0.3) is 0 Å². The summed E-state index contributed by atoms with van der Waals surface area (Å²) in [5.74, 6) is -0.361. The number of urea groups is 1. The summed E-state index contributed by atoms with van der Waals surface area (Å²) >= 11 is 1.50. The van der Waals surface area contributed by atoms with E-state index >= 15 is 4.39 Å². The number of piperidine rings is 1. The fourth-order valence-corrected chi connectivity index (χ4v) is 9.45. The zero-order valence-electron chi connectivity index (χ0n) is 30.7. The van der Waals surface area contributed by atoms with Crippen LogP contribution in [0, 0.1) is 11.2 Å². The Labute approximate surface area is 304 Å². The van der Waals surface area contributed by atoms with E-state index in [1.807, 2.05) is 45.9 Å². The van der Waals surface area contributed by atoms with E-state index in [1.54, 1.807) is 6.07 Å². The van der Waals surface area contributed by atoms with E-state index in [4.69, 9.17) is 0 Å². The Morgan fingerprint density at radius 3 is 2.38 bits per heavy atom. The number of amides is 4. The second-order valence-corrected chi connectivity index (χ2v) is 17.7. The van der Waals surface area contributed by atoms with Gasteiger partial charge in [-0.25, -0.2) is 9.18 Å². The number of thioether (sulfide) groups is 1. The number of anilines is 2. The molecule has 4 aliphatic rings. The Bertz CT molecular complexity index is 1580. The van der Waals surface area contributed by atoms with Crippen LogP contribution < -0.4 is 10.2 Å². The van der Waals surface area contributed by atoms with Gasteiger partial charge < -0.3 is 24.9 Å². The summed E-state index contributed by atoms with van der Waals surface area (Å²) in [6.07, 6.45) is 3.07. The Morgan fingerprint density at radius 2 is 1.70 bits per heavy atom. The molecule has 2 aromatic carbocycles. The zero-order chi connectivity index (χ0) is 35.8. The number of carbonyl (C=O) groups excluding carboxylic acids is 3. The molecule has 0 aliphatic carbocycles. The van der Waals surface area contributed by atoms with Gasteiger partial charge in [-0.05, 0) is 69.6 Å². The van der Waals surface area contributed by atoms with Crippen LogP contribution in [0.15, 0.2) is 42.5 Å². The number of halogens is 1. The number of nitrogens with one attached hydrogen (secondary N) is 1. The first-order chi connectivity index (χ1) is 23.7. The summed E-state index contributed by atoms with van der Waals surface area (Å²) in [7, 11) is 0. The van der Waals surface area contributed by atoms with Crippen LogP contribution in [0.4, 0.5) is 20.6 Å². The first-order valence-electron chi connectivity index (χ1n) is 18.4. The van der Waals surface area contributed by atoms with E-state index in [2.05, 4.69) is 55.8 Å². The molecule has 6 rings (SSSR count). The highest BCUT2D eigenvalue weighted by Gasteiger charge is 2.52. The third-order valence-corrected chi connectivity index (χ3v) is 12.6. The average molecular weight is 711 g/mol. The van der Waals surface area contributed by atoms with Gasteiger partial charge in [0, 0.05) is 78.5 Å².